The number of rotatable bonds is 3. The van der Waals surface area contributed by atoms with Crippen molar-refractivity contribution in [2.45, 2.75) is 13.0 Å². The third-order valence-electron chi connectivity index (χ3n) is 4.25. The number of amides is 1. The van der Waals surface area contributed by atoms with Crippen LogP contribution in [0.3, 0.4) is 0 Å². The molecule has 132 valence electrons. The zero-order valence-corrected chi connectivity index (χ0v) is 14.3. The molecule has 8 heteroatoms. The van der Waals surface area contributed by atoms with Crippen molar-refractivity contribution in [3.8, 4) is 11.3 Å². The van der Waals surface area contributed by atoms with Gasteiger partial charge in [-0.25, -0.2) is 9.97 Å². The number of hydrogen-bond acceptors (Lipinski definition) is 6. The number of morpholine rings is 1. The topological polar surface area (TPSA) is 96.9 Å². The van der Waals surface area contributed by atoms with Crippen molar-refractivity contribution in [3.05, 3.63) is 60.1 Å². The molecule has 1 aliphatic rings. The van der Waals surface area contributed by atoms with Gasteiger partial charge in [0.15, 0.2) is 0 Å². The Labute approximate surface area is 150 Å². The average Bonchev–Trinajstić information content (AvgIpc) is 3.18. The van der Waals surface area contributed by atoms with Crippen molar-refractivity contribution >= 4 is 5.91 Å². The second kappa shape index (κ2) is 7.01. The lowest BCUT2D eigenvalue weighted by molar-refractivity contribution is -0.0250. The summed E-state index contributed by atoms with van der Waals surface area (Å²) in [6.45, 7) is 3.26. The Morgan fingerprint density at radius 2 is 2.27 bits per heavy atom. The van der Waals surface area contributed by atoms with Crippen LogP contribution in [0.25, 0.3) is 11.3 Å². The molecular formula is C18H18N6O2. The van der Waals surface area contributed by atoms with Gasteiger partial charge >= 0.3 is 0 Å². The minimum Gasteiger partial charge on any atom is -0.368 e. The van der Waals surface area contributed by atoms with Gasteiger partial charge in [0.2, 0.25) is 0 Å². The second-order valence-corrected chi connectivity index (χ2v) is 6.05. The number of aromatic amines is 1. The third kappa shape index (κ3) is 3.31. The molecule has 4 heterocycles. The van der Waals surface area contributed by atoms with Crippen LogP contribution in [0.4, 0.5) is 0 Å². The van der Waals surface area contributed by atoms with Gasteiger partial charge in [0, 0.05) is 30.7 Å². The summed E-state index contributed by atoms with van der Waals surface area (Å²) in [5.74, 6) is 0.580. The summed E-state index contributed by atoms with van der Waals surface area (Å²) in [7, 11) is 0. The molecule has 8 nitrogen and oxygen atoms in total. The highest BCUT2D eigenvalue weighted by Gasteiger charge is 2.28. The van der Waals surface area contributed by atoms with Gasteiger partial charge in [-0.1, -0.05) is 0 Å². The summed E-state index contributed by atoms with van der Waals surface area (Å²) >= 11 is 0. The van der Waals surface area contributed by atoms with Crippen LogP contribution in [0.5, 0.6) is 0 Å². The van der Waals surface area contributed by atoms with E-state index in [0.717, 1.165) is 11.3 Å². The molecule has 1 saturated heterocycles. The van der Waals surface area contributed by atoms with Crippen molar-refractivity contribution in [2.24, 2.45) is 0 Å². The van der Waals surface area contributed by atoms with Crippen molar-refractivity contribution in [1.82, 2.24) is 30.0 Å². The quantitative estimate of drug-likeness (QED) is 0.773. The number of nitrogens with one attached hydrogen (secondary N) is 1. The lowest BCUT2D eigenvalue weighted by Crippen LogP contribution is -2.42. The Morgan fingerprint density at radius 3 is 3.08 bits per heavy atom. The van der Waals surface area contributed by atoms with Gasteiger partial charge in [-0.15, -0.1) is 0 Å². The van der Waals surface area contributed by atoms with Gasteiger partial charge in [-0.3, -0.25) is 14.9 Å². The minimum absolute atomic E-state index is 0.105. The molecule has 0 unspecified atom stereocenters. The summed E-state index contributed by atoms with van der Waals surface area (Å²) in [5, 5.41) is 7.06. The maximum Gasteiger partial charge on any atom is 0.272 e. The van der Waals surface area contributed by atoms with E-state index in [-0.39, 0.29) is 12.0 Å². The number of hydrogen-bond donors (Lipinski definition) is 1. The van der Waals surface area contributed by atoms with Gasteiger partial charge in [-0.05, 0) is 31.2 Å². The number of nitrogens with zero attached hydrogens (tertiary/aromatic N) is 5. The van der Waals surface area contributed by atoms with Crippen molar-refractivity contribution in [3.63, 3.8) is 0 Å². The van der Waals surface area contributed by atoms with E-state index in [1.54, 1.807) is 29.6 Å². The van der Waals surface area contributed by atoms with Crippen LogP contribution in [0.2, 0.25) is 0 Å². The monoisotopic (exact) mass is 350 g/mol. The Hall–Kier alpha value is -3.13. The molecule has 3 aromatic rings. The van der Waals surface area contributed by atoms with E-state index in [4.69, 9.17) is 4.74 Å². The Bertz CT molecular complexity index is 911. The summed E-state index contributed by atoms with van der Waals surface area (Å²) < 4.78 is 5.79. The predicted octanol–water partition coefficient (Wildman–Crippen LogP) is 1.78. The summed E-state index contributed by atoms with van der Waals surface area (Å²) in [6.07, 6.45) is 4.86. The Balaban J connectivity index is 1.50. The third-order valence-corrected chi connectivity index (χ3v) is 4.25. The molecule has 0 spiro atoms. The van der Waals surface area contributed by atoms with Crippen LogP contribution in [0.15, 0.2) is 42.9 Å². The number of pyridine rings is 1. The van der Waals surface area contributed by atoms with Crippen LogP contribution >= 0.6 is 0 Å². The van der Waals surface area contributed by atoms with Gasteiger partial charge < -0.3 is 9.64 Å². The summed E-state index contributed by atoms with van der Waals surface area (Å²) in [5.41, 5.74) is 2.79. The van der Waals surface area contributed by atoms with Crippen LogP contribution in [0, 0.1) is 6.92 Å². The van der Waals surface area contributed by atoms with Crippen molar-refractivity contribution in [2.75, 3.05) is 19.7 Å². The highest BCUT2D eigenvalue weighted by atomic mass is 16.5. The minimum atomic E-state index is -0.255. The fraction of sp³-hybridized carbons (Fsp3) is 0.278. The lowest BCUT2D eigenvalue weighted by Gasteiger charge is -2.32. The second-order valence-electron chi connectivity index (χ2n) is 6.05. The van der Waals surface area contributed by atoms with Gasteiger partial charge in [0.05, 0.1) is 24.5 Å². The maximum absolute atomic E-state index is 12.8. The maximum atomic E-state index is 12.8. The molecule has 1 fully saturated rings. The molecular weight excluding hydrogens is 332 g/mol. The largest absolute Gasteiger partial charge is 0.368 e. The average molecular weight is 350 g/mol. The van der Waals surface area contributed by atoms with Crippen LogP contribution < -0.4 is 0 Å². The van der Waals surface area contributed by atoms with Crippen LogP contribution in [0.1, 0.15) is 28.1 Å². The molecule has 0 aliphatic carbocycles. The first-order chi connectivity index (χ1) is 12.7. The first kappa shape index (κ1) is 16.3. The predicted molar refractivity (Wildman–Crippen MR) is 93.2 cm³/mol. The molecule has 0 bridgehead atoms. The molecule has 4 rings (SSSR count). The first-order valence-electron chi connectivity index (χ1n) is 8.37. The van der Waals surface area contributed by atoms with E-state index in [1.807, 2.05) is 25.1 Å². The van der Waals surface area contributed by atoms with E-state index < -0.39 is 0 Å². The normalized spacial score (nSPS) is 17.3. The molecule has 1 atom stereocenters. The highest BCUT2D eigenvalue weighted by Crippen LogP contribution is 2.22. The number of H-pyrrole nitrogens is 1. The Kier molecular flexibility index (Phi) is 4.40. The molecule has 0 aromatic carbocycles. The number of aryl methyl sites for hydroxylation is 1. The molecule has 1 N–H and O–H groups in total. The molecule has 0 radical (unpaired) electrons. The van der Waals surface area contributed by atoms with E-state index >= 15 is 0 Å². The first-order valence-corrected chi connectivity index (χ1v) is 8.37. The zero-order valence-electron chi connectivity index (χ0n) is 14.3. The summed E-state index contributed by atoms with van der Waals surface area (Å²) in [6, 6.07) is 7.31. The van der Waals surface area contributed by atoms with E-state index in [2.05, 4.69) is 25.1 Å². The van der Waals surface area contributed by atoms with Crippen molar-refractivity contribution in [1.29, 1.82) is 0 Å². The number of aromatic nitrogens is 5. The highest BCUT2D eigenvalue weighted by molar-refractivity contribution is 5.93. The number of ether oxygens (including phenoxy) is 1. The molecule has 1 amide bonds. The lowest BCUT2D eigenvalue weighted by atomic mass is 10.1. The number of carbonyl (C=O) groups excluding carboxylic acids is 1. The zero-order chi connectivity index (χ0) is 17.9. The molecule has 1 aliphatic heterocycles. The standard InChI is InChI=1S/C18H18N6O2/c1-12-20-6-4-14(21-12)17-11-24(7-8-26-17)18(25)16-9-15(22-23-16)13-3-2-5-19-10-13/h2-6,9-10,17H,7-8,11H2,1H3,(H,22,23)/t17-/m0/s1. The smallest absolute Gasteiger partial charge is 0.272 e. The van der Waals surface area contributed by atoms with Gasteiger partial charge in [-0.2, -0.15) is 5.10 Å². The van der Waals surface area contributed by atoms with Crippen molar-refractivity contribution < 1.29 is 9.53 Å². The van der Waals surface area contributed by atoms with Crippen LogP contribution in [-0.2, 0) is 4.74 Å². The van der Waals surface area contributed by atoms with E-state index in [9.17, 15) is 4.79 Å². The number of carbonyl (C=O) groups is 1. The Morgan fingerprint density at radius 1 is 1.35 bits per heavy atom. The molecule has 3 aromatic heterocycles. The fourth-order valence-electron chi connectivity index (χ4n) is 2.93. The molecule has 26 heavy (non-hydrogen) atoms. The van der Waals surface area contributed by atoms with E-state index in [1.165, 1.54) is 0 Å². The van der Waals surface area contributed by atoms with Gasteiger partial charge in [0.25, 0.3) is 5.91 Å². The van der Waals surface area contributed by atoms with E-state index in [0.29, 0.717) is 36.9 Å². The fourth-order valence-corrected chi connectivity index (χ4v) is 2.93. The summed E-state index contributed by atoms with van der Waals surface area (Å²) in [4.78, 5) is 27.2. The SMILES string of the molecule is Cc1nccc([C@@H]2CN(C(=O)c3cc(-c4cccnc4)n[nH]3)CCO2)n1. The molecule has 0 saturated carbocycles. The van der Waals surface area contributed by atoms with Crippen LogP contribution in [-0.4, -0.2) is 55.7 Å². The van der Waals surface area contributed by atoms with Gasteiger partial charge in [0.1, 0.15) is 17.6 Å².